The first-order valence-electron chi connectivity index (χ1n) is 7.38. The Morgan fingerprint density at radius 3 is 2.88 bits per heavy atom. The number of nitrogens with zero attached hydrogens (tertiary/aromatic N) is 3. The second-order valence-electron chi connectivity index (χ2n) is 5.48. The highest BCUT2D eigenvalue weighted by Crippen LogP contribution is 2.30. The topological polar surface area (TPSA) is 84.7 Å². The first kappa shape index (κ1) is 16.5. The van der Waals surface area contributed by atoms with Crippen LogP contribution >= 0.6 is 15.9 Å². The van der Waals surface area contributed by atoms with E-state index in [-0.39, 0.29) is 12.3 Å². The number of amides is 1. The molecule has 24 heavy (non-hydrogen) atoms. The highest BCUT2D eigenvalue weighted by atomic mass is 79.9. The molecule has 0 aliphatic carbocycles. The zero-order valence-electron chi connectivity index (χ0n) is 13.0. The number of carboxylic acid groups (broad SMARTS) is 1. The van der Waals surface area contributed by atoms with Crippen LogP contribution in [-0.2, 0) is 11.3 Å². The van der Waals surface area contributed by atoms with Crippen LogP contribution in [0, 0.1) is 0 Å². The van der Waals surface area contributed by atoms with Crippen LogP contribution in [0.2, 0.25) is 0 Å². The standard InChI is InChI=1S/C16H16BrN3O4/c1-24-14-3-2-10(8-18-14)12(7-15(21)22)20-5-4-19-9-11(17)6-13(19)16(20)23/h2-3,6,8-9,12H,4-5,7H2,1H3,(H,21,22)/t12-/m0/s1. The molecule has 1 N–H and O–H groups in total. The summed E-state index contributed by atoms with van der Waals surface area (Å²) in [6.45, 7) is 1.06. The van der Waals surface area contributed by atoms with Crippen molar-refractivity contribution in [3.05, 3.63) is 46.3 Å². The number of aliphatic carboxylic acids is 1. The highest BCUT2D eigenvalue weighted by molar-refractivity contribution is 9.10. The first-order chi connectivity index (χ1) is 11.5. The normalized spacial score (nSPS) is 15.1. The molecule has 2 aromatic rings. The van der Waals surface area contributed by atoms with E-state index in [4.69, 9.17) is 4.74 Å². The van der Waals surface area contributed by atoms with Crippen molar-refractivity contribution in [2.45, 2.75) is 19.0 Å². The average Bonchev–Trinajstić information content (AvgIpc) is 2.95. The lowest BCUT2D eigenvalue weighted by molar-refractivity contribution is -0.138. The Morgan fingerprint density at radius 2 is 2.25 bits per heavy atom. The van der Waals surface area contributed by atoms with Gasteiger partial charge in [0.1, 0.15) is 5.69 Å². The molecule has 3 heterocycles. The maximum Gasteiger partial charge on any atom is 0.305 e. The first-order valence-corrected chi connectivity index (χ1v) is 8.17. The third kappa shape index (κ3) is 3.14. The number of ether oxygens (including phenoxy) is 1. The fourth-order valence-electron chi connectivity index (χ4n) is 2.88. The Hall–Kier alpha value is -2.35. The van der Waals surface area contributed by atoms with E-state index in [0.29, 0.717) is 30.2 Å². The lowest BCUT2D eigenvalue weighted by Gasteiger charge is -2.34. The fraction of sp³-hybridized carbons (Fsp3) is 0.312. The minimum Gasteiger partial charge on any atom is -0.481 e. The molecule has 0 saturated carbocycles. The Labute approximate surface area is 147 Å². The van der Waals surface area contributed by atoms with Gasteiger partial charge in [-0.2, -0.15) is 0 Å². The third-order valence-corrected chi connectivity index (χ3v) is 4.46. The molecular formula is C16H16BrN3O4. The minimum absolute atomic E-state index is 0.179. The minimum atomic E-state index is -0.967. The van der Waals surface area contributed by atoms with Gasteiger partial charge < -0.3 is 19.3 Å². The van der Waals surface area contributed by atoms with Gasteiger partial charge in [-0.1, -0.05) is 6.07 Å². The van der Waals surface area contributed by atoms with Crippen molar-refractivity contribution in [1.82, 2.24) is 14.5 Å². The van der Waals surface area contributed by atoms with Crippen molar-refractivity contribution >= 4 is 27.8 Å². The molecule has 2 aromatic heterocycles. The van der Waals surface area contributed by atoms with Crippen LogP contribution in [0.4, 0.5) is 0 Å². The summed E-state index contributed by atoms with van der Waals surface area (Å²) in [6.07, 6.45) is 3.23. The van der Waals surface area contributed by atoms with Gasteiger partial charge in [0.05, 0.1) is 19.6 Å². The number of methoxy groups -OCH3 is 1. The molecule has 8 heteroatoms. The molecule has 0 spiro atoms. The van der Waals surface area contributed by atoms with E-state index in [0.717, 1.165) is 4.47 Å². The molecule has 126 valence electrons. The summed E-state index contributed by atoms with van der Waals surface area (Å²) in [6, 6.07) is 4.59. The number of carbonyl (C=O) groups excluding carboxylic acids is 1. The molecule has 0 unspecified atom stereocenters. The predicted octanol–water partition coefficient (Wildman–Crippen LogP) is 2.33. The van der Waals surface area contributed by atoms with Crippen molar-refractivity contribution in [1.29, 1.82) is 0 Å². The lowest BCUT2D eigenvalue weighted by atomic mass is 10.0. The van der Waals surface area contributed by atoms with Gasteiger partial charge in [-0.05, 0) is 27.6 Å². The molecule has 1 aliphatic heterocycles. The molecule has 0 fully saturated rings. The maximum absolute atomic E-state index is 12.8. The van der Waals surface area contributed by atoms with Gasteiger partial charge in [-0.15, -0.1) is 0 Å². The third-order valence-electron chi connectivity index (χ3n) is 4.02. The molecule has 7 nitrogen and oxygen atoms in total. The molecule has 1 aliphatic rings. The number of carboxylic acids is 1. The second-order valence-corrected chi connectivity index (χ2v) is 6.40. The maximum atomic E-state index is 12.8. The van der Waals surface area contributed by atoms with Crippen LogP contribution in [0.5, 0.6) is 5.88 Å². The van der Waals surface area contributed by atoms with Crippen LogP contribution in [0.25, 0.3) is 0 Å². The summed E-state index contributed by atoms with van der Waals surface area (Å²) >= 11 is 3.37. The summed E-state index contributed by atoms with van der Waals surface area (Å²) in [7, 11) is 1.51. The summed E-state index contributed by atoms with van der Waals surface area (Å²) in [5, 5.41) is 9.27. The van der Waals surface area contributed by atoms with Crippen LogP contribution < -0.4 is 4.74 Å². The zero-order chi connectivity index (χ0) is 17.3. The fourth-order valence-corrected chi connectivity index (χ4v) is 3.35. The Kier molecular flexibility index (Phi) is 4.57. The molecule has 0 saturated heterocycles. The lowest BCUT2D eigenvalue weighted by Crippen LogP contribution is -2.43. The summed E-state index contributed by atoms with van der Waals surface area (Å²) in [5.41, 5.74) is 1.22. The zero-order valence-corrected chi connectivity index (χ0v) is 14.6. The number of rotatable bonds is 5. The smallest absolute Gasteiger partial charge is 0.305 e. The monoisotopic (exact) mass is 393 g/mol. The number of hydrogen-bond acceptors (Lipinski definition) is 4. The van der Waals surface area contributed by atoms with Gasteiger partial charge >= 0.3 is 5.97 Å². The Morgan fingerprint density at radius 1 is 1.46 bits per heavy atom. The largest absolute Gasteiger partial charge is 0.481 e. The van der Waals surface area contributed by atoms with Gasteiger partial charge in [0.25, 0.3) is 5.91 Å². The average molecular weight is 394 g/mol. The van der Waals surface area contributed by atoms with E-state index in [1.807, 2.05) is 10.8 Å². The quantitative estimate of drug-likeness (QED) is 0.842. The van der Waals surface area contributed by atoms with E-state index < -0.39 is 12.0 Å². The van der Waals surface area contributed by atoms with Crippen molar-refractivity contribution in [3.63, 3.8) is 0 Å². The highest BCUT2D eigenvalue weighted by Gasteiger charge is 2.33. The number of aromatic nitrogens is 2. The van der Waals surface area contributed by atoms with Gasteiger partial charge in [-0.25, -0.2) is 4.98 Å². The van der Waals surface area contributed by atoms with Gasteiger partial charge in [-0.3, -0.25) is 9.59 Å². The summed E-state index contributed by atoms with van der Waals surface area (Å²) in [5.74, 6) is -0.713. The van der Waals surface area contributed by atoms with E-state index in [1.165, 1.54) is 7.11 Å². The number of pyridine rings is 1. The molecule has 1 amide bonds. The molecule has 0 radical (unpaired) electrons. The van der Waals surface area contributed by atoms with E-state index in [9.17, 15) is 14.7 Å². The molecule has 1 atom stereocenters. The van der Waals surface area contributed by atoms with E-state index in [1.54, 1.807) is 29.3 Å². The van der Waals surface area contributed by atoms with Crippen LogP contribution in [0.1, 0.15) is 28.5 Å². The predicted molar refractivity (Wildman–Crippen MR) is 89.0 cm³/mol. The van der Waals surface area contributed by atoms with Crippen LogP contribution in [0.15, 0.2) is 35.1 Å². The molecular weight excluding hydrogens is 378 g/mol. The number of carbonyl (C=O) groups is 2. The SMILES string of the molecule is COc1ccc([C@H](CC(=O)O)N2CCn3cc(Br)cc3C2=O)cn1. The summed E-state index contributed by atoms with van der Waals surface area (Å²) < 4.78 is 7.72. The Balaban J connectivity index is 1.94. The van der Waals surface area contributed by atoms with Crippen molar-refractivity contribution in [3.8, 4) is 5.88 Å². The van der Waals surface area contributed by atoms with Crippen molar-refractivity contribution < 1.29 is 19.4 Å². The summed E-state index contributed by atoms with van der Waals surface area (Å²) in [4.78, 5) is 29.8. The van der Waals surface area contributed by atoms with E-state index in [2.05, 4.69) is 20.9 Å². The van der Waals surface area contributed by atoms with Crippen molar-refractivity contribution in [2.24, 2.45) is 0 Å². The van der Waals surface area contributed by atoms with Crippen LogP contribution in [-0.4, -0.2) is 45.1 Å². The molecule has 0 aromatic carbocycles. The van der Waals surface area contributed by atoms with Gasteiger partial charge in [0.2, 0.25) is 5.88 Å². The molecule has 0 bridgehead atoms. The second kappa shape index (κ2) is 6.64. The Bertz CT molecular complexity index is 772. The van der Waals surface area contributed by atoms with Gasteiger partial charge in [0, 0.05) is 36.0 Å². The number of halogens is 1. The number of hydrogen-bond donors (Lipinski definition) is 1. The van der Waals surface area contributed by atoms with Crippen molar-refractivity contribution in [2.75, 3.05) is 13.7 Å². The molecule has 3 rings (SSSR count). The van der Waals surface area contributed by atoms with Crippen LogP contribution in [0.3, 0.4) is 0 Å². The number of fused-ring (bicyclic) bond motifs is 1. The van der Waals surface area contributed by atoms with Gasteiger partial charge in [0.15, 0.2) is 0 Å². The van der Waals surface area contributed by atoms with E-state index >= 15 is 0 Å².